The lowest BCUT2D eigenvalue weighted by Gasteiger charge is -2.31. The first-order valence-corrected chi connectivity index (χ1v) is 13.3. The highest BCUT2D eigenvalue weighted by Gasteiger charge is 2.39. The van der Waals surface area contributed by atoms with Crippen LogP contribution < -0.4 is 14.8 Å². The van der Waals surface area contributed by atoms with E-state index in [2.05, 4.69) is 44.1 Å². The summed E-state index contributed by atoms with van der Waals surface area (Å²) in [5.74, 6) is 0.0205. The molecule has 0 saturated heterocycles. The molecule has 3 heterocycles. The zero-order valence-electron chi connectivity index (χ0n) is 23.4. The van der Waals surface area contributed by atoms with Crippen molar-refractivity contribution in [2.24, 2.45) is 4.99 Å². The van der Waals surface area contributed by atoms with Crippen molar-refractivity contribution in [3.8, 4) is 11.5 Å². The lowest BCUT2D eigenvalue weighted by Crippen LogP contribution is -2.30. The quantitative estimate of drug-likeness (QED) is 0.372. The number of aliphatic imine (C=N–C) groups is 1. The van der Waals surface area contributed by atoms with Crippen molar-refractivity contribution in [2.45, 2.75) is 58.6 Å². The SMILES string of the molecule is CCOc1cc2c(c3c1OC(C)(C)C3)C(c1ccc(/C=C/C(=O)O)c(NC(=O)c3ccccn3)c1)=NC(C)(C)C2. The Morgan fingerprint density at radius 1 is 1.12 bits per heavy atom. The van der Waals surface area contributed by atoms with Crippen LogP contribution in [-0.4, -0.2) is 45.4 Å². The van der Waals surface area contributed by atoms with Crippen molar-refractivity contribution in [2.75, 3.05) is 11.9 Å². The van der Waals surface area contributed by atoms with Crippen LogP contribution in [-0.2, 0) is 17.6 Å². The molecule has 2 N–H and O–H groups in total. The van der Waals surface area contributed by atoms with E-state index in [9.17, 15) is 14.7 Å². The molecular weight excluding hydrogens is 506 g/mol. The molecule has 1 amide bonds. The van der Waals surface area contributed by atoms with Gasteiger partial charge in [0, 0.05) is 41.1 Å². The van der Waals surface area contributed by atoms with Crippen LogP contribution in [0.2, 0.25) is 0 Å². The van der Waals surface area contributed by atoms with Crippen LogP contribution in [0.3, 0.4) is 0 Å². The van der Waals surface area contributed by atoms with Crippen molar-refractivity contribution >= 4 is 29.4 Å². The lowest BCUT2D eigenvalue weighted by atomic mass is 9.80. The molecule has 8 heteroatoms. The van der Waals surface area contributed by atoms with Gasteiger partial charge in [0.25, 0.3) is 5.91 Å². The van der Waals surface area contributed by atoms with Crippen LogP contribution in [0, 0.1) is 0 Å². The van der Waals surface area contributed by atoms with Gasteiger partial charge in [0.15, 0.2) is 11.5 Å². The number of benzene rings is 2. The van der Waals surface area contributed by atoms with Crippen molar-refractivity contribution in [3.63, 3.8) is 0 Å². The number of hydrogen-bond donors (Lipinski definition) is 2. The van der Waals surface area contributed by atoms with Gasteiger partial charge >= 0.3 is 5.97 Å². The number of aromatic nitrogens is 1. The molecule has 0 aliphatic carbocycles. The molecule has 0 fully saturated rings. The van der Waals surface area contributed by atoms with Gasteiger partial charge in [0.05, 0.1) is 17.9 Å². The molecule has 0 atom stereocenters. The number of carboxylic acids is 1. The number of carboxylic acid groups (broad SMARTS) is 1. The molecule has 0 saturated carbocycles. The minimum atomic E-state index is -1.08. The van der Waals surface area contributed by atoms with Crippen molar-refractivity contribution in [1.29, 1.82) is 0 Å². The number of carbonyl (C=O) groups is 2. The fraction of sp³-hybridized carbons (Fsp3) is 0.312. The average Bonchev–Trinajstić information content (AvgIpc) is 3.22. The summed E-state index contributed by atoms with van der Waals surface area (Å²) in [6, 6.07) is 12.7. The number of pyridine rings is 1. The monoisotopic (exact) mass is 539 g/mol. The zero-order chi connectivity index (χ0) is 28.7. The fourth-order valence-electron chi connectivity index (χ4n) is 5.34. The first-order chi connectivity index (χ1) is 19.0. The second-order valence-corrected chi connectivity index (χ2v) is 11.3. The Morgan fingerprint density at radius 2 is 1.93 bits per heavy atom. The van der Waals surface area contributed by atoms with Gasteiger partial charge in [-0.05, 0) is 82.5 Å². The Kier molecular flexibility index (Phi) is 6.96. The molecule has 0 unspecified atom stereocenters. The number of nitrogens with one attached hydrogen (secondary N) is 1. The summed E-state index contributed by atoms with van der Waals surface area (Å²) in [6.07, 6.45) is 5.50. The highest BCUT2D eigenvalue weighted by atomic mass is 16.5. The third kappa shape index (κ3) is 5.47. The highest BCUT2D eigenvalue weighted by molar-refractivity contribution is 6.17. The van der Waals surface area contributed by atoms with Gasteiger partial charge in [0.2, 0.25) is 0 Å². The van der Waals surface area contributed by atoms with Gasteiger partial charge in [0.1, 0.15) is 11.3 Å². The third-order valence-corrected chi connectivity index (χ3v) is 6.86. The van der Waals surface area contributed by atoms with Crippen molar-refractivity contribution < 1.29 is 24.2 Å². The number of rotatable bonds is 7. The average molecular weight is 540 g/mol. The molecule has 0 spiro atoms. The van der Waals surface area contributed by atoms with Crippen LogP contribution >= 0.6 is 0 Å². The Labute approximate surface area is 233 Å². The van der Waals surface area contributed by atoms with E-state index in [-0.39, 0.29) is 11.2 Å². The fourth-order valence-corrected chi connectivity index (χ4v) is 5.34. The molecule has 0 bridgehead atoms. The number of ether oxygens (including phenoxy) is 2. The van der Waals surface area contributed by atoms with Crippen LogP contribution in [0.15, 0.2) is 59.7 Å². The Hall–Kier alpha value is -4.46. The summed E-state index contributed by atoms with van der Waals surface area (Å²) >= 11 is 0. The summed E-state index contributed by atoms with van der Waals surface area (Å²) in [5, 5.41) is 12.1. The highest BCUT2D eigenvalue weighted by Crippen LogP contribution is 2.48. The number of nitrogens with zero attached hydrogens (tertiary/aromatic N) is 2. The van der Waals surface area contributed by atoms with E-state index in [0.717, 1.165) is 52.0 Å². The number of aliphatic carboxylic acids is 1. The van der Waals surface area contributed by atoms with Gasteiger partial charge in [-0.1, -0.05) is 18.2 Å². The van der Waals surface area contributed by atoms with Crippen molar-refractivity contribution in [3.05, 3.63) is 88.2 Å². The van der Waals surface area contributed by atoms with Gasteiger partial charge in [-0.2, -0.15) is 0 Å². The van der Waals surface area contributed by atoms with Crippen LogP contribution in [0.4, 0.5) is 5.69 Å². The summed E-state index contributed by atoms with van der Waals surface area (Å²) in [7, 11) is 0. The maximum absolute atomic E-state index is 13.0. The molecule has 2 aromatic carbocycles. The zero-order valence-corrected chi connectivity index (χ0v) is 23.4. The topological polar surface area (TPSA) is 110 Å². The number of hydrogen-bond acceptors (Lipinski definition) is 6. The molecular formula is C32H33N3O5. The largest absolute Gasteiger partial charge is 0.490 e. The minimum Gasteiger partial charge on any atom is -0.490 e. The lowest BCUT2D eigenvalue weighted by molar-refractivity contribution is -0.131. The second-order valence-electron chi connectivity index (χ2n) is 11.3. The third-order valence-electron chi connectivity index (χ3n) is 6.86. The number of anilines is 1. The summed E-state index contributed by atoms with van der Waals surface area (Å²) in [4.78, 5) is 33.6. The maximum atomic E-state index is 13.0. The first kappa shape index (κ1) is 27.1. The molecule has 0 radical (unpaired) electrons. The van der Waals surface area contributed by atoms with Crippen molar-refractivity contribution in [1.82, 2.24) is 4.98 Å². The summed E-state index contributed by atoms with van der Waals surface area (Å²) in [6.45, 7) is 10.8. The Bertz CT molecular complexity index is 1550. The van der Waals surface area contributed by atoms with E-state index >= 15 is 0 Å². The number of carbonyl (C=O) groups excluding carboxylic acids is 1. The molecule has 1 aromatic heterocycles. The first-order valence-electron chi connectivity index (χ1n) is 13.3. The van der Waals surface area contributed by atoms with E-state index in [1.165, 1.54) is 6.08 Å². The van der Waals surface area contributed by atoms with Gasteiger partial charge in [-0.15, -0.1) is 0 Å². The smallest absolute Gasteiger partial charge is 0.328 e. The summed E-state index contributed by atoms with van der Waals surface area (Å²) in [5.41, 5.74) is 5.31. The van der Waals surface area contributed by atoms with E-state index in [0.29, 0.717) is 24.3 Å². The molecule has 2 aliphatic heterocycles. The predicted octanol–water partition coefficient (Wildman–Crippen LogP) is 5.72. The molecule has 2 aliphatic rings. The minimum absolute atomic E-state index is 0.253. The molecule has 40 heavy (non-hydrogen) atoms. The second kappa shape index (κ2) is 10.3. The normalized spacial score (nSPS) is 16.5. The van der Waals surface area contributed by atoms with E-state index in [1.807, 2.05) is 19.1 Å². The van der Waals surface area contributed by atoms with Gasteiger partial charge < -0.3 is 19.9 Å². The van der Waals surface area contributed by atoms with E-state index in [1.54, 1.807) is 30.5 Å². The Morgan fingerprint density at radius 3 is 2.62 bits per heavy atom. The standard InChI is InChI=1S/C32H33N3O5/c1-6-39-25-16-21-17-31(2,3)35-28(27(21)22-18-32(4,5)40-29(22)25)20-11-10-19(12-13-26(36)37)24(15-20)34-30(38)23-9-7-8-14-33-23/h7-16H,6,17-18H2,1-5H3,(H,34,38)(H,36,37)/b13-12+. The van der Waals surface area contributed by atoms with Gasteiger partial charge in [-0.25, -0.2) is 4.79 Å². The number of amides is 1. The van der Waals surface area contributed by atoms with Crippen LogP contribution in [0.1, 0.15) is 72.9 Å². The molecule has 5 rings (SSSR count). The van der Waals surface area contributed by atoms with E-state index in [4.69, 9.17) is 14.5 Å². The molecule has 206 valence electrons. The molecule has 8 nitrogen and oxygen atoms in total. The predicted molar refractivity (Wildman–Crippen MR) is 155 cm³/mol. The van der Waals surface area contributed by atoms with E-state index < -0.39 is 17.5 Å². The molecule has 3 aromatic rings. The number of fused-ring (bicyclic) bond motifs is 3. The summed E-state index contributed by atoms with van der Waals surface area (Å²) < 4.78 is 12.4. The van der Waals surface area contributed by atoms with Crippen LogP contribution in [0.25, 0.3) is 6.08 Å². The van der Waals surface area contributed by atoms with Crippen LogP contribution in [0.5, 0.6) is 11.5 Å². The Balaban J connectivity index is 1.66. The maximum Gasteiger partial charge on any atom is 0.328 e. The van der Waals surface area contributed by atoms with Gasteiger partial charge in [-0.3, -0.25) is 14.8 Å².